The van der Waals surface area contributed by atoms with Crippen LogP contribution in [0.2, 0.25) is 0 Å². The monoisotopic (exact) mass is 349 g/mol. The largest absolute Gasteiger partial charge is 0.307 e. The smallest absolute Gasteiger partial charge is 0.216 e. The predicted molar refractivity (Wildman–Crippen MR) is 95.9 cm³/mol. The summed E-state index contributed by atoms with van der Waals surface area (Å²) in [6, 6.07) is 10.2. The number of piperidine rings is 1. The van der Waals surface area contributed by atoms with E-state index in [-0.39, 0.29) is 23.3 Å². The van der Waals surface area contributed by atoms with E-state index in [1.165, 1.54) is 0 Å². The molecule has 0 spiro atoms. The lowest BCUT2D eigenvalue weighted by molar-refractivity contribution is 0.209. The Morgan fingerprint density at radius 1 is 1.25 bits per heavy atom. The molecule has 2 rings (SSSR count). The normalized spacial score (nSPS) is 23.8. The Bertz CT molecular complexity index is 692. The molecule has 1 aliphatic heterocycles. The Kier molecular flexibility index (Phi) is 6.02. The van der Waals surface area contributed by atoms with Crippen molar-refractivity contribution in [1.29, 1.82) is 5.26 Å². The minimum absolute atomic E-state index is 0.165. The zero-order valence-electron chi connectivity index (χ0n) is 14.9. The van der Waals surface area contributed by atoms with Crippen molar-refractivity contribution in [2.75, 3.05) is 13.1 Å². The molecule has 5 nitrogen and oxygen atoms in total. The van der Waals surface area contributed by atoms with Gasteiger partial charge in [-0.05, 0) is 50.8 Å². The average molecular weight is 350 g/mol. The fourth-order valence-electron chi connectivity index (χ4n) is 3.15. The van der Waals surface area contributed by atoms with Crippen LogP contribution in [-0.4, -0.2) is 37.1 Å². The second kappa shape index (κ2) is 7.64. The molecule has 3 atom stereocenters. The van der Waals surface area contributed by atoms with Crippen LogP contribution in [0.15, 0.2) is 24.3 Å². The molecule has 1 saturated heterocycles. The van der Waals surface area contributed by atoms with Crippen LogP contribution in [0.3, 0.4) is 0 Å². The van der Waals surface area contributed by atoms with Crippen molar-refractivity contribution >= 4 is 10.0 Å². The topological polar surface area (TPSA) is 73.2 Å². The van der Waals surface area contributed by atoms with Crippen LogP contribution in [-0.2, 0) is 10.0 Å². The molecule has 1 N–H and O–H groups in total. The highest BCUT2D eigenvalue weighted by Gasteiger charge is 2.34. The molecule has 1 fully saturated rings. The molecule has 1 aromatic rings. The van der Waals surface area contributed by atoms with E-state index in [0.717, 1.165) is 12.0 Å². The van der Waals surface area contributed by atoms with E-state index in [1.54, 1.807) is 18.2 Å². The average Bonchev–Trinajstić information content (AvgIpc) is 2.56. The van der Waals surface area contributed by atoms with Crippen molar-refractivity contribution in [3.8, 4) is 6.07 Å². The number of nitrogens with zero attached hydrogens (tertiary/aromatic N) is 2. The first-order chi connectivity index (χ1) is 11.3. The van der Waals surface area contributed by atoms with Gasteiger partial charge in [-0.2, -0.15) is 5.26 Å². The summed E-state index contributed by atoms with van der Waals surface area (Å²) in [6.07, 6.45) is 0.813. The third-order valence-electron chi connectivity index (χ3n) is 4.83. The Balaban J connectivity index is 1.98. The molecule has 24 heavy (non-hydrogen) atoms. The van der Waals surface area contributed by atoms with Gasteiger partial charge < -0.3 is 5.32 Å². The Labute approximate surface area is 145 Å². The van der Waals surface area contributed by atoms with Crippen LogP contribution in [0.25, 0.3) is 0 Å². The van der Waals surface area contributed by atoms with Gasteiger partial charge in [-0.25, -0.2) is 12.7 Å². The van der Waals surface area contributed by atoms with Crippen molar-refractivity contribution in [3.05, 3.63) is 35.4 Å². The maximum atomic E-state index is 12.3. The fraction of sp³-hybridized carbons (Fsp3) is 0.611. The van der Waals surface area contributed by atoms with Gasteiger partial charge in [0.05, 0.1) is 16.9 Å². The first-order valence-corrected chi connectivity index (χ1v) is 10.0. The molecule has 0 saturated carbocycles. The zero-order valence-corrected chi connectivity index (χ0v) is 15.7. The SMILES string of the molecule is CC(NC1CCN(S(=O)(=O)C(C)C)CC1C)c1ccc(C#N)cc1. The van der Waals surface area contributed by atoms with Crippen molar-refractivity contribution in [3.63, 3.8) is 0 Å². The summed E-state index contributed by atoms with van der Waals surface area (Å²) < 4.78 is 26.3. The van der Waals surface area contributed by atoms with Gasteiger partial charge in [0.2, 0.25) is 10.0 Å². The second-order valence-corrected chi connectivity index (χ2v) is 9.44. The molecule has 3 unspecified atom stereocenters. The maximum Gasteiger partial charge on any atom is 0.216 e. The molecule has 0 amide bonds. The van der Waals surface area contributed by atoms with E-state index < -0.39 is 10.0 Å². The number of sulfonamides is 1. The van der Waals surface area contributed by atoms with Crippen molar-refractivity contribution < 1.29 is 8.42 Å². The fourth-order valence-corrected chi connectivity index (χ4v) is 4.55. The molecule has 132 valence electrons. The Morgan fingerprint density at radius 3 is 2.38 bits per heavy atom. The van der Waals surface area contributed by atoms with Crippen molar-refractivity contribution in [2.24, 2.45) is 5.92 Å². The van der Waals surface area contributed by atoms with Gasteiger partial charge in [0.15, 0.2) is 0 Å². The highest BCUT2D eigenvalue weighted by molar-refractivity contribution is 7.89. The number of nitriles is 1. The van der Waals surface area contributed by atoms with E-state index in [2.05, 4.69) is 25.2 Å². The van der Waals surface area contributed by atoms with Gasteiger partial charge >= 0.3 is 0 Å². The summed E-state index contributed by atoms with van der Waals surface area (Å²) in [6.45, 7) is 8.81. The number of rotatable bonds is 5. The second-order valence-electron chi connectivity index (χ2n) is 6.95. The van der Waals surface area contributed by atoms with Crippen LogP contribution < -0.4 is 5.32 Å². The van der Waals surface area contributed by atoms with Crippen LogP contribution in [0.5, 0.6) is 0 Å². The molecular formula is C18H27N3O2S. The molecule has 0 bridgehead atoms. The predicted octanol–water partition coefficient (Wildman–Crippen LogP) is 2.66. The van der Waals surface area contributed by atoms with Crippen molar-refractivity contribution in [2.45, 2.75) is 51.4 Å². The molecule has 1 heterocycles. The van der Waals surface area contributed by atoms with Gasteiger partial charge in [0.1, 0.15) is 0 Å². The lowest BCUT2D eigenvalue weighted by Gasteiger charge is -2.38. The summed E-state index contributed by atoms with van der Waals surface area (Å²) in [5.41, 5.74) is 1.80. The molecule has 1 aromatic carbocycles. The zero-order chi connectivity index (χ0) is 17.9. The van der Waals surface area contributed by atoms with Gasteiger partial charge in [-0.15, -0.1) is 0 Å². The Hall–Kier alpha value is -1.42. The van der Waals surface area contributed by atoms with E-state index >= 15 is 0 Å². The maximum absolute atomic E-state index is 12.3. The van der Waals surface area contributed by atoms with Crippen LogP contribution in [0.1, 0.15) is 51.3 Å². The standard InChI is InChI=1S/C18H27N3O2S/c1-13(2)24(22,23)21-10-9-18(14(3)12-21)20-15(4)17-7-5-16(11-19)6-8-17/h5-8,13-15,18,20H,9-10,12H2,1-4H3. The molecular weight excluding hydrogens is 322 g/mol. The van der Waals surface area contributed by atoms with Crippen LogP contribution >= 0.6 is 0 Å². The van der Waals surface area contributed by atoms with Gasteiger partial charge in [0, 0.05) is 25.2 Å². The quantitative estimate of drug-likeness (QED) is 0.887. The minimum Gasteiger partial charge on any atom is -0.307 e. The van der Waals surface area contributed by atoms with Crippen LogP contribution in [0, 0.1) is 17.2 Å². The number of hydrogen-bond donors (Lipinski definition) is 1. The highest BCUT2D eigenvalue weighted by atomic mass is 32.2. The Morgan fingerprint density at radius 2 is 1.88 bits per heavy atom. The summed E-state index contributed by atoms with van der Waals surface area (Å²) in [7, 11) is -3.17. The van der Waals surface area contributed by atoms with E-state index in [1.807, 2.05) is 24.3 Å². The number of hydrogen-bond acceptors (Lipinski definition) is 4. The first-order valence-electron chi connectivity index (χ1n) is 8.50. The number of benzene rings is 1. The summed E-state index contributed by atoms with van der Waals surface area (Å²) in [4.78, 5) is 0. The molecule has 0 radical (unpaired) electrons. The summed E-state index contributed by atoms with van der Waals surface area (Å²) in [5.74, 6) is 0.258. The van der Waals surface area contributed by atoms with Gasteiger partial charge in [-0.1, -0.05) is 19.1 Å². The van der Waals surface area contributed by atoms with Gasteiger partial charge in [0.25, 0.3) is 0 Å². The third-order valence-corrected chi connectivity index (χ3v) is 7.07. The van der Waals surface area contributed by atoms with Crippen LogP contribution in [0.4, 0.5) is 0 Å². The van der Waals surface area contributed by atoms with E-state index in [0.29, 0.717) is 18.7 Å². The molecule has 0 aliphatic carbocycles. The van der Waals surface area contributed by atoms with E-state index in [9.17, 15) is 8.42 Å². The number of nitrogens with one attached hydrogen (secondary N) is 1. The molecule has 1 aliphatic rings. The van der Waals surface area contributed by atoms with E-state index in [4.69, 9.17) is 5.26 Å². The molecule has 0 aromatic heterocycles. The lowest BCUT2D eigenvalue weighted by Crippen LogP contribution is -2.51. The third kappa shape index (κ3) is 4.15. The lowest BCUT2D eigenvalue weighted by atomic mass is 9.93. The molecule has 6 heteroatoms. The minimum atomic E-state index is -3.17. The van der Waals surface area contributed by atoms with Crippen molar-refractivity contribution in [1.82, 2.24) is 9.62 Å². The first kappa shape index (κ1) is 18.9. The highest BCUT2D eigenvalue weighted by Crippen LogP contribution is 2.24. The summed E-state index contributed by atoms with van der Waals surface area (Å²) in [5, 5.41) is 12.1. The summed E-state index contributed by atoms with van der Waals surface area (Å²) >= 11 is 0. The van der Waals surface area contributed by atoms with Gasteiger partial charge in [-0.3, -0.25) is 0 Å².